The van der Waals surface area contributed by atoms with Crippen LogP contribution in [-0.2, 0) is 16.1 Å². The van der Waals surface area contributed by atoms with Gasteiger partial charge in [0.1, 0.15) is 0 Å². The number of hydrogen-bond acceptors (Lipinski definition) is 4. The van der Waals surface area contributed by atoms with Crippen molar-refractivity contribution in [3.8, 4) is 0 Å². The van der Waals surface area contributed by atoms with Crippen molar-refractivity contribution in [3.63, 3.8) is 0 Å². The number of hydrogen-bond donors (Lipinski definition) is 2. The van der Waals surface area contributed by atoms with Crippen molar-refractivity contribution in [1.29, 1.82) is 0 Å². The van der Waals surface area contributed by atoms with Crippen LogP contribution in [0.3, 0.4) is 0 Å². The maximum absolute atomic E-state index is 12.9. The summed E-state index contributed by atoms with van der Waals surface area (Å²) in [4.78, 5) is 36.8. The molecule has 152 valence electrons. The van der Waals surface area contributed by atoms with Crippen molar-refractivity contribution < 1.29 is 19.1 Å². The van der Waals surface area contributed by atoms with Gasteiger partial charge in [-0.3, -0.25) is 9.59 Å². The van der Waals surface area contributed by atoms with E-state index in [4.69, 9.17) is 4.74 Å². The first kappa shape index (κ1) is 19.6. The van der Waals surface area contributed by atoms with Crippen LogP contribution in [0.25, 0.3) is 10.8 Å². The van der Waals surface area contributed by atoms with E-state index < -0.39 is 5.97 Å². The number of carbonyl (C=O) groups is 3. The van der Waals surface area contributed by atoms with Gasteiger partial charge in [0.2, 0.25) is 5.91 Å². The second kappa shape index (κ2) is 8.37. The standard InChI is InChI=1S/C24H22N2O4/c1-30-24(29)17-8-6-15(7-9-17)14-25-23(28)20-12-18-4-2-3-5-19(18)13-21(20)26-22(27)16-10-11-16/h2-9,12-13,16H,10-11,14H2,1H3,(H,25,28)(H,26,27). The monoisotopic (exact) mass is 402 g/mol. The Morgan fingerprint density at radius 2 is 1.63 bits per heavy atom. The van der Waals surface area contributed by atoms with Gasteiger partial charge < -0.3 is 15.4 Å². The molecule has 0 heterocycles. The number of carbonyl (C=O) groups excluding carboxylic acids is 3. The number of nitrogens with one attached hydrogen (secondary N) is 2. The van der Waals surface area contributed by atoms with E-state index in [0.29, 0.717) is 23.4 Å². The Labute approximate surface area is 174 Å². The number of esters is 1. The largest absolute Gasteiger partial charge is 0.465 e. The molecular weight excluding hydrogens is 380 g/mol. The number of amides is 2. The maximum Gasteiger partial charge on any atom is 0.337 e. The van der Waals surface area contributed by atoms with Crippen LogP contribution in [0.1, 0.15) is 39.1 Å². The van der Waals surface area contributed by atoms with Crippen molar-refractivity contribution in [2.75, 3.05) is 12.4 Å². The second-order valence-electron chi connectivity index (χ2n) is 7.38. The van der Waals surface area contributed by atoms with Crippen LogP contribution in [0.2, 0.25) is 0 Å². The number of ether oxygens (including phenoxy) is 1. The smallest absolute Gasteiger partial charge is 0.337 e. The molecule has 0 aromatic heterocycles. The van der Waals surface area contributed by atoms with Crippen molar-refractivity contribution in [1.82, 2.24) is 5.32 Å². The number of fused-ring (bicyclic) bond motifs is 1. The SMILES string of the molecule is COC(=O)c1ccc(CNC(=O)c2cc3ccccc3cc2NC(=O)C2CC2)cc1. The van der Waals surface area contributed by atoms with E-state index >= 15 is 0 Å². The van der Waals surface area contributed by atoms with E-state index in [-0.39, 0.29) is 17.7 Å². The van der Waals surface area contributed by atoms with E-state index in [0.717, 1.165) is 29.2 Å². The van der Waals surface area contributed by atoms with Crippen molar-refractivity contribution in [3.05, 3.63) is 77.4 Å². The quantitative estimate of drug-likeness (QED) is 0.613. The summed E-state index contributed by atoms with van der Waals surface area (Å²) in [5.74, 6) is -0.680. The molecule has 0 saturated heterocycles. The fraction of sp³-hybridized carbons (Fsp3) is 0.208. The summed E-state index contributed by atoms with van der Waals surface area (Å²) >= 11 is 0. The van der Waals surface area contributed by atoms with Crippen molar-refractivity contribution >= 4 is 34.2 Å². The molecule has 0 radical (unpaired) electrons. The van der Waals surface area contributed by atoms with E-state index in [1.54, 1.807) is 30.3 Å². The zero-order valence-electron chi connectivity index (χ0n) is 16.6. The van der Waals surface area contributed by atoms with Crippen LogP contribution >= 0.6 is 0 Å². The van der Waals surface area contributed by atoms with Gasteiger partial charge in [-0.1, -0.05) is 36.4 Å². The van der Waals surface area contributed by atoms with E-state index in [2.05, 4.69) is 10.6 Å². The summed E-state index contributed by atoms with van der Waals surface area (Å²) in [6, 6.07) is 18.2. The summed E-state index contributed by atoms with van der Waals surface area (Å²) in [5, 5.41) is 7.70. The zero-order valence-corrected chi connectivity index (χ0v) is 16.6. The number of benzene rings is 3. The third kappa shape index (κ3) is 4.33. The lowest BCUT2D eigenvalue weighted by molar-refractivity contribution is -0.117. The normalized spacial score (nSPS) is 13.0. The molecule has 2 amide bonds. The fourth-order valence-electron chi connectivity index (χ4n) is 3.27. The molecule has 4 rings (SSSR count). The first-order valence-corrected chi connectivity index (χ1v) is 9.84. The molecule has 0 atom stereocenters. The maximum atomic E-state index is 12.9. The summed E-state index contributed by atoms with van der Waals surface area (Å²) in [5.41, 5.74) is 2.24. The van der Waals surface area contributed by atoms with Gasteiger partial charge in [0.05, 0.1) is 23.9 Å². The lowest BCUT2D eigenvalue weighted by atomic mass is 10.0. The van der Waals surface area contributed by atoms with Crippen molar-refractivity contribution in [2.24, 2.45) is 5.92 Å². The van der Waals surface area contributed by atoms with Crippen LogP contribution < -0.4 is 10.6 Å². The molecule has 6 nitrogen and oxygen atoms in total. The molecule has 0 aliphatic heterocycles. The highest BCUT2D eigenvalue weighted by Crippen LogP contribution is 2.32. The third-order valence-corrected chi connectivity index (χ3v) is 5.16. The molecule has 1 saturated carbocycles. The lowest BCUT2D eigenvalue weighted by Gasteiger charge is -2.13. The molecule has 3 aromatic carbocycles. The third-order valence-electron chi connectivity index (χ3n) is 5.16. The van der Waals surface area contributed by atoms with Crippen LogP contribution in [0.5, 0.6) is 0 Å². The molecule has 1 fully saturated rings. The Kier molecular flexibility index (Phi) is 5.48. The van der Waals surface area contributed by atoms with Crippen LogP contribution in [0.15, 0.2) is 60.7 Å². The first-order valence-electron chi connectivity index (χ1n) is 9.84. The highest BCUT2D eigenvalue weighted by molar-refractivity contribution is 6.08. The first-order chi connectivity index (χ1) is 14.5. The Morgan fingerprint density at radius 3 is 2.27 bits per heavy atom. The average Bonchev–Trinajstić information content (AvgIpc) is 3.62. The molecule has 0 bridgehead atoms. The molecule has 1 aliphatic carbocycles. The Balaban J connectivity index is 1.53. The highest BCUT2D eigenvalue weighted by atomic mass is 16.5. The highest BCUT2D eigenvalue weighted by Gasteiger charge is 2.30. The minimum Gasteiger partial charge on any atom is -0.465 e. The predicted molar refractivity (Wildman–Crippen MR) is 114 cm³/mol. The lowest BCUT2D eigenvalue weighted by Crippen LogP contribution is -2.25. The summed E-state index contributed by atoms with van der Waals surface area (Å²) < 4.78 is 4.69. The van der Waals surface area contributed by atoms with Gasteiger partial charge in [-0.15, -0.1) is 0 Å². The molecule has 0 unspecified atom stereocenters. The topological polar surface area (TPSA) is 84.5 Å². The van der Waals surface area contributed by atoms with E-state index in [9.17, 15) is 14.4 Å². The summed E-state index contributed by atoms with van der Waals surface area (Å²) in [6.07, 6.45) is 1.78. The van der Waals surface area contributed by atoms with E-state index in [1.807, 2.05) is 30.3 Å². The van der Waals surface area contributed by atoms with Crippen LogP contribution in [-0.4, -0.2) is 24.9 Å². The average molecular weight is 402 g/mol. The van der Waals surface area contributed by atoms with Crippen molar-refractivity contribution in [2.45, 2.75) is 19.4 Å². The number of methoxy groups -OCH3 is 1. The summed E-state index contributed by atoms with van der Waals surface area (Å²) in [7, 11) is 1.33. The van der Waals surface area contributed by atoms with Crippen LogP contribution in [0, 0.1) is 5.92 Å². The molecular formula is C24H22N2O4. The van der Waals surface area contributed by atoms with Gasteiger partial charge in [-0.25, -0.2) is 4.79 Å². The molecule has 3 aromatic rings. The minimum atomic E-state index is -0.405. The summed E-state index contributed by atoms with van der Waals surface area (Å²) in [6.45, 7) is 0.295. The van der Waals surface area contributed by atoms with Gasteiger partial charge in [0.25, 0.3) is 5.91 Å². The van der Waals surface area contributed by atoms with E-state index in [1.165, 1.54) is 7.11 Å². The Morgan fingerprint density at radius 1 is 0.967 bits per heavy atom. The van der Waals surface area contributed by atoms with Gasteiger partial charge in [-0.2, -0.15) is 0 Å². The molecule has 0 spiro atoms. The number of anilines is 1. The molecule has 30 heavy (non-hydrogen) atoms. The second-order valence-corrected chi connectivity index (χ2v) is 7.38. The Bertz CT molecular complexity index is 1120. The van der Waals surface area contributed by atoms with Gasteiger partial charge in [0, 0.05) is 12.5 Å². The molecule has 6 heteroatoms. The van der Waals surface area contributed by atoms with Crippen LogP contribution in [0.4, 0.5) is 5.69 Å². The predicted octanol–water partition coefficient (Wildman–Crippen LogP) is 3.90. The van der Waals surface area contributed by atoms with Gasteiger partial charge in [0.15, 0.2) is 0 Å². The Hall–Kier alpha value is -3.67. The molecule has 1 aliphatic rings. The zero-order chi connectivity index (χ0) is 21.1. The van der Waals surface area contributed by atoms with Gasteiger partial charge in [-0.05, 0) is 53.4 Å². The van der Waals surface area contributed by atoms with Gasteiger partial charge >= 0.3 is 5.97 Å². The molecule has 2 N–H and O–H groups in total. The number of rotatable bonds is 6. The minimum absolute atomic E-state index is 0.0423. The fourth-order valence-corrected chi connectivity index (χ4v) is 3.27.